The zero-order valence-corrected chi connectivity index (χ0v) is 13.5. The van der Waals surface area contributed by atoms with Crippen molar-refractivity contribution in [3.05, 3.63) is 42.4 Å². The number of aromatic nitrogens is 4. The van der Waals surface area contributed by atoms with Crippen molar-refractivity contribution < 1.29 is 8.78 Å². The van der Waals surface area contributed by atoms with Crippen molar-refractivity contribution in [1.29, 1.82) is 0 Å². The maximum Gasteiger partial charge on any atom is 0.223 e. The second-order valence-electron chi connectivity index (χ2n) is 6.37. The summed E-state index contributed by atoms with van der Waals surface area (Å²) in [5.41, 5.74) is 6.90. The molecular formula is C17H18F2N6. The van der Waals surface area contributed by atoms with E-state index in [0.717, 1.165) is 31.9 Å². The molecule has 1 fully saturated rings. The number of halogens is 2. The van der Waals surface area contributed by atoms with Crippen LogP contribution in [0.25, 0.3) is 17.0 Å². The summed E-state index contributed by atoms with van der Waals surface area (Å²) in [6.07, 6.45) is 7.60. The average molecular weight is 344 g/mol. The number of fused-ring (bicyclic) bond motifs is 1. The zero-order valence-electron chi connectivity index (χ0n) is 13.5. The highest BCUT2D eigenvalue weighted by molar-refractivity contribution is 5.61. The van der Waals surface area contributed by atoms with Crippen LogP contribution < -0.4 is 11.1 Å². The highest BCUT2D eigenvalue weighted by atomic mass is 19.1. The molecule has 0 amide bonds. The molecule has 4 rings (SSSR count). The second-order valence-corrected chi connectivity index (χ2v) is 6.37. The van der Waals surface area contributed by atoms with Crippen LogP contribution in [0.5, 0.6) is 0 Å². The van der Waals surface area contributed by atoms with Crippen molar-refractivity contribution in [3.63, 3.8) is 0 Å². The summed E-state index contributed by atoms with van der Waals surface area (Å²) >= 11 is 0. The standard InChI is InChI=1S/C17H18F2N6/c18-10-1-6-15-21-8-14(25(15)9-10)16-13(19)7-22-17(24-16)23-12-4-2-11(20)3-5-12/h1,6-9,11-12H,2-5,20H2,(H,22,23,24). The maximum absolute atomic E-state index is 14.3. The molecule has 1 aliphatic carbocycles. The molecule has 8 heteroatoms. The summed E-state index contributed by atoms with van der Waals surface area (Å²) < 4.78 is 29.3. The molecule has 25 heavy (non-hydrogen) atoms. The van der Waals surface area contributed by atoms with Crippen molar-refractivity contribution in [2.24, 2.45) is 5.73 Å². The number of nitrogens with two attached hydrogens (primary N) is 1. The molecule has 0 bridgehead atoms. The van der Waals surface area contributed by atoms with E-state index in [9.17, 15) is 8.78 Å². The first kappa shape index (κ1) is 15.9. The van der Waals surface area contributed by atoms with E-state index in [1.807, 2.05) is 0 Å². The number of rotatable bonds is 3. The van der Waals surface area contributed by atoms with Gasteiger partial charge in [0.15, 0.2) is 5.82 Å². The molecular weight excluding hydrogens is 326 g/mol. The first-order valence-corrected chi connectivity index (χ1v) is 8.28. The van der Waals surface area contributed by atoms with Crippen molar-refractivity contribution >= 4 is 11.6 Å². The van der Waals surface area contributed by atoms with Gasteiger partial charge in [0.25, 0.3) is 0 Å². The Balaban J connectivity index is 1.66. The van der Waals surface area contributed by atoms with Gasteiger partial charge < -0.3 is 11.1 Å². The molecule has 1 aliphatic rings. The van der Waals surface area contributed by atoms with Crippen molar-refractivity contribution in [2.45, 2.75) is 37.8 Å². The minimum atomic E-state index is -0.581. The molecule has 3 aromatic rings. The third-order valence-corrected chi connectivity index (χ3v) is 4.56. The third kappa shape index (κ3) is 3.17. The lowest BCUT2D eigenvalue weighted by molar-refractivity contribution is 0.409. The van der Waals surface area contributed by atoms with Crippen LogP contribution in [0.3, 0.4) is 0 Å². The lowest BCUT2D eigenvalue weighted by Gasteiger charge is -2.26. The molecule has 3 heterocycles. The number of hydrogen-bond donors (Lipinski definition) is 2. The largest absolute Gasteiger partial charge is 0.351 e. The van der Waals surface area contributed by atoms with Crippen LogP contribution in [0.4, 0.5) is 14.7 Å². The highest BCUT2D eigenvalue weighted by Gasteiger charge is 2.20. The van der Waals surface area contributed by atoms with E-state index in [2.05, 4.69) is 20.3 Å². The first-order valence-electron chi connectivity index (χ1n) is 8.28. The SMILES string of the molecule is NC1CCC(Nc2ncc(F)c(-c3cnc4ccc(F)cn34)n2)CC1. The molecule has 0 spiro atoms. The molecule has 1 saturated carbocycles. The van der Waals surface area contributed by atoms with E-state index in [-0.39, 0.29) is 17.8 Å². The number of pyridine rings is 1. The van der Waals surface area contributed by atoms with Crippen LogP contribution in [-0.4, -0.2) is 31.4 Å². The predicted molar refractivity (Wildman–Crippen MR) is 90.0 cm³/mol. The molecule has 3 N–H and O–H groups in total. The van der Waals surface area contributed by atoms with E-state index in [0.29, 0.717) is 17.3 Å². The van der Waals surface area contributed by atoms with Crippen LogP contribution in [0.2, 0.25) is 0 Å². The van der Waals surface area contributed by atoms with E-state index in [1.165, 1.54) is 28.9 Å². The summed E-state index contributed by atoms with van der Waals surface area (Å²) in [6.45, 7) is 0. The Labute approximate surface area is 143 Å². The molecule has 0 radical (unpaired) electrons. The summed E-state index contributed by atoms with van der Waals surface area (Å²) in [6, 6.07) is 3.31. The monoisotopic (exact) mass is 344 g/mol. The Kier molecular flexibility index (Phi) is 4.04. The van der Waals surface area contributed by atoms with Gasteiger partial charge in [-0.05, 0) is 37.8 Å². The zero-order chi connectivity index (χ0) is 17.4. The molecule has 0 aliphatic heterocycles. The van der Waals surface area contributed by atoms with E-state index >= 15 is 0 Å². The topological polar surface area (TPSA) is 81.1 Å². The first-order chi connectivity index (χ1) is 12.1. The van der Waals surface area contributed by atoms with Gasteiger partial charge in [-0.3, -0.25) is 4.40 Å². The van der Waals surface area contributed by atoms with Gasteiger partial charge in [0.1, 0.15) is 17.2 Å². The molecule has 0 atom stereocenters. The van der Waals surface area contributed by atoms with Crippen molar-refractivity contribution in [2.75, 3.05) is 5.32 Å². The van der Waals surface area contributed by atoms with Crippen LogP contribution in [-0.2, 0) is 0 Å². The maximum atomic E-state index is 14.3. The number of imidazole rings is 1. The fraction of sp³-hybridized carbons (Fsp3) is 0.353. The smallest absolute Gasteiger partial charge is 0.223 e. The molecule has 130 valence electrons. The fourth-order valence-electron chi connectivity index (χ4n) is 3.19. The summed E-state index contributed by atoms with van der Waals surface area (Å²) in [5.74, 6) is -0.663. The summed E-state index contributed by atoms with van der Waals surface area (Å²) in [4.78, 5) is 12.5. The van der Waals surface area contributed by atoms with E-state index in [4.69, 9.17) is 5.73 Å². The van der Waals surface area contributed by atoms with Crippen LogP contribution in [0, 0.1) is 11.6 Å². The highest BCUT2D eigenvalue weighted by Crippen LogP contribution is 2.24. The lowest BCUT2D eigenvalue weighted by atomic mass is 9.92. The molecule has 0 unspecified atom stereocenters. The van der Waals surface area contributed by atoms with Gasteiger partial charge in [-0.15, -0.1) is 0 Å². The normalized spacial score (nSPS) is 20.8. The lowest BCUT2D eigenvalue weighted by Crippen LogP contribution is -2.33. The third-order valence-electron chi connectivity index (χ3n) is 4.56. The summed E-state index contributed by atoms with van der Waals surface area (Å²) in [7, 11) is 0. The number of anilines is 1. The van der Waals surface area contributed by atoms with Gasteiger partial charge in [-0.2, -0.15) is 0 Å². The molecule has 6 nitrogen and oxygen atoms in total. The molecule has 0 aromatic carbocycles. The van der Waals surface area contributed by atoms with Gasteiger partial charge in [0, 0.05) is 18.3 Å². The van der Waals surface area contributed by atoms with Gasteiger partial charge in [0.05, 0.1) is 18.1 Å². The number of nitrogens with zero attached hydrogens (tertiary/aromatic N) is 4. The summed E-state index contributed by atoms with van der Waals surface area (Å²) in [5, 5.41) is 3.24. The van der Waals surface area contributed by atoms with Crippen LogP contribution in [0.15, 0.2) is 30.7 Å². The number of hydrogen-bond acceptors (Lipinski definition) is 5. The van der Waals surface area contributed by atoms with Gasteiger partial charge in [-0.25, -0.2) is 23.7 Å². The Hall–Kier alpha value is -2.61. The Bertz CT molecular complexity index is 901. The fourth-order valence-corrected chi connectivity index (χ4v) is 3.19. The Morgan fingerprint density at radius 3 is 2.68 bits per heavy atom. The quantitative estimate of drug-likeness (QED) is 0.764. The molecule has 0 saturated heterocycles. The van der Waals surface area contributed by atoms with Gasteiger partial charge in [0.2, 0.25) is 5.95 Å². The minimum Gasteiger partial charge on any atom is -0.351 e. The predicted octanol–water partition coefficient (Wildman–Crippen LogP) is 2.75. The average Bonchev–Trinajstić information content (AvgIpc) is 3.01. The molecule has 3 aromatic heterocycles. The van der Waals surface area contributed by atoms with Crippen LogP contribution in [0.1, 0.15) is 25.7 Å². The Morgan fingerprint density at radius 2 is 1.88 bits per heavy atom. The number of nitrogens with one attached hydrogen (secondary N) is 1. The van der Waals surface area contributed by atoms with E-state index < -0.39 is 11.6 Å². The second kappa shape index (κ2) is 6.36. The van der Waals surface area contributed by atoms with Crippen molar-refractivity contribution in [1.82, 2.24) is 19.4 Å². The minimum absolute atomic E-state index is 0.0862. The Morgan fingerprint density at radius 1 is 1.08 bits per heavy atom. The van der Waals surface area contributed by atoms with Crippen LogP contribution >= 0.6 is 0 Å². The van der Waals surface area contributed by atoms with Crippen molar-refractivity contribution in [3.8, 4) is 11.4 Å². The van der Waals surface area contributed by atoms with E-state index in [1.54, 1.807) is 0 Å². The van der Waals surface area contributed by atoms with Gasteiger partial charge in [-0.1, -0.05) is 0 Å². The van der Waals surface area contributed by atoms with Gasteiger partial charge >= 0.3 is 0 Å².